The number of rotatable bonds is 4. The Balaban J connectivity index is 2.03. The minimum atomic E-state index is 0.731. The van der Waals surface area contributed by atoms with Crippen molar-refractivity contribution in [3.63, 3.8) is 0 Å². The molecule has 1 saturated heterocycles. The number of nitrogens with zero attached hydrogens (tertiary/aromatic N) is 1. The number of halogens is 1. The van der Waals surface area contributed by atoms with Crippen molar-refractivity contribution in [3.05, 3.63) is 33.8 Å². The van der Waals surface area contributed by atoms with Crippen LogP contribution in [0, 0.1) is 6.92 Å². The Hall–Kier alpha value is -0.380. The molecule has 16 heavy (non-hydrogen) atoms. The van der Waals surface area contributed by atoms with E-state index >= 15 is 0 Å². The maximum atomic E-state index is 3.54. The average molecular weight is 283 g/mol. The lowest BCUT2D eigenvalue weighted by atomic mass is 10.1. The molecule has 2 nitrogen and oxygen atoms in total. The van der Waals surface area contributed by atoms with Crippen molar-refractivity contribution in [2.45, 2.75) is 26.4 Å². The molecule has 1 aliphatic heterocycles. The van der Waals surface area contributed by atoms with Crippen LogP contribution in [0.5, 0.6) is 0 Å². The van der Waals surface area contributed by atoms with E-state index in [1.165, 1.54) is 15.6 Å². The summed E-state index contributed by atoms with van der Waals surface area (Å²) in [6, 6.07) is 7.37. The van der Waals surface area contributed by atoms with Crippen molar-refractivity contribution in [2.24, 2.45) is 0 Å². The van der Waals surface area contributed by atoms with Gasteiger partial charge in [0.1, 0.15) is 0 Å². The lowest BCUT2D eigenvalue weighted by Crippen LogP contribution is -2.56. The third kappa shape index (κ3) is 2.65. The van der Waals surface area contributed by atoms with Crippen molar-refractivity contribution in [1.29, 1.82) is 0 Å². The first-order valence-electron chi connectivity index (χ1n) is 5.90. The highest BCUT2D eigenvalue weighted by atomic mass is 79.9. The number of nitrogens with one attached hydrogen (secondary N) is 1. The van der Waals surface area contributed by atoms with Crippen molar-refractivity contribution in [2.75, 3.05) is 19.6 Å². The normalized spacial score (nSPS) is 16.5. The molecule has 0 aliphatic carbocycles. The molecular formula is C13H19BrN2. The second kappa shape index (κ2) is 5.30. The number of aryl methyl sites for hydroxylation is 1. The molecule has 1 fully saturated rings. The Labute approximate surface area is 106 Å². The monoisotopic (exact) mass is 282 g/mol. The van der Waals surface area contributed by atoms with Crippen LogP contribution in [0.2, 0.25) is 0 Å². The molecule has 0 unspecified atom stereocenters. The Bertz CT molecular complexity index is 361. The molecular weight excluding hydrogens is 264 g/mol. The van der Waals surface area contributed by atoms with E-state index in [0.717, 1.165) is 32.2 Å². The molecule has 1 aromatic carbocycles. The van der Waals surface area contributed by atoms with Crippen LogP contribution in [0.4, 0.5) is 0 Å². The van der Waals surface area contributed by atoms with Gasteiger partial charge in [-0.2, -0.15) is 0 Å². The van der Waals surface area contributed by atoms with Crippen LogP contribution in [-0.4, -0.2) is 30.6 Å². The molecule has 2 rings (SSSR count). The van der Waals surface area contributed by atoms with Crippen molar-refractivity contribution >= 4 is 15.9 Å². The second-order valence-electron chi connectivity index (χ2n) is 4.46. The fourth-order valence-electron chi connectivity index (χ4n) is 2.07. The van der Waals surface area contributed by atoms with Crippen LogP contribution in [0.1, 0.15) is 18.1 Å². The summed E-state index contributed by atoms with van der Waals surface area (Å²) in [6.45, 7) is 8.87. The molecule has 1 aromatic rings. The Morgan fingerprint density at radius 1 is 1.44 bits per heavy atom. The predicted molar refractivity (Wildman–Crippen MR) is 71.6 cm³/mol. The van der Waals surface area contributed by atoms with Crippen LogP contribution < -0.4 is 5.32 Å². The maximum absolute atomic E-state index is 3.54. The molecule has 1 aliphatic rings. The van der Waals surface area contributed by atoms with Gasteiger partial charge in [0.15, 0.2) is 0 Å². The first-order valence-corrected chi connectivity index (χ1v) is 6.69. The molecule has 0 atom stereocenters. The highest BCUT2D eigenvalue weighted by Crippen LogP contribution is 2.19. The molecule has 0 bridgehead atoms. The molecule has 0 radical (unpaired) electrons. The standard InChI is InChI=1S/C13H19BrN2/c1-3-16(12-7-15-8-12)9-11-4-5-13(14)10(2)6-11/h4-6,12,15H,3,7-9H2,1-2H3. The summed E-state index contributed by atoms with van der Waals surface area (Å²) >= 11 is 3.54. The molecule has 88 valence electrons. The van der Waals surface area contributed by atoms with E-state index < -0.39 is 0 Å². The summed E-state index contributed by atoms with van der Waals surface area (Å²) < 4.78 is 1.20. The van der Waals surface area contributed by atoms with Crippen LogP contribution in [0.3, 0.4) is 0 Å². The number of hydrogen-bond acceptors (Lipinski definition) is 2. The summed E-state index contributed by atoms with van der Waals surface area (Å²) in [5, 5.41) is 3.33. The summed E-state index contributed by atoms with van der Waals surface area (Å²) in [5.74, 6) is 0. The van der Waals surface area contributed by atoms with Gasteiger partial charge in [-0.05, 0) is 30.7 Å². The van der Waals surface area contributed by atoms with Gasteiger partial charge in [-0.15, -0.1) is 0 Å². The Morgan fingerprint density at radius 2 is 2.19 bits per heavy atom. The first kappa shape index (κ1) is 12.1. The summed E-state index contributed by atoms with van der Waals surface area (Å²) in [7, 11) is 0. The van der Waals surface area contributed by atoms with E-state index in [9.17, 15) is 0 Å². The maximum Gasteiger partial charge on any atom is 0.0348 e. The summed E-state index contributed by atoms with van der Waals surface area (Å²) in [5.41, 5.74) is 2.73. The minimum Gasteiger partial charge on any atom is -0.314 e. The lowest BCUT2D eigenvalue weighted by Gasteiger charge is -2.37. The van der Waals surface area contributed by atoms with Crippen LogP contribution in [0.25, 0.3) is 0 Å². The SMILES string of the molecule is CCN(Cc1ccc(Br)c(C)c1)C1CNC1. The highest BCUT2D eigenvalue weighted by molar-refractivity contribution is 9.10. The van der Waals surface area contributed by atoms with Crippen LogP contribution in [-0.2, 0) is 6.54 Å². The van der Waals surface area contributed by atoms with Crippen molar-refractivity contribution < 1.29 is 0 Å². The zero-order valence-electron chi connectivity index (χ0n) is 9.96. The van der Waals surface area contributed by atoms with Crippen LogP contribution >= 0.6 is 15.9 Å². The lowest BCUT2D eigenvalue weighted by molar-refractivity contribution is 0.145. The second-order valence-corrected chi connectivity index (χ2v) is 5.31. The number of likely N-dealkylation sites (N-methyl/N-ethyl adjacent to an activating group) is 1. The molecule has 0 spiro atoms. The fraction of sp³-hybridized carbons (Fsp3) is 0.538. The topological polar surface area (TPSA) is 15.3 Å². The molecule has 1 N–H and O–H groups in total. The van der Waals surface area contributed by atoms with Gasteiger partial charge in [0, 0.05) is 30.1 Å². The number of benzene rings is 1. The van der Waals surface area contributed by atoms with Crippen molar-refractivity contribution in [1.82, 2.24) is 10.2 Å². The molecule has 1 heterocycles. The van der Waals surface area contributed by atoms with Gasteiger partial charge in [-0.3, -0.25) is 4.90 Å². The molecule has 3 heteroatoms. The number of hydrogen-bond donors (Lipinski definition) is 1. The third-order valence-electron chi connectivity index (χ3n) is 3.29. The van der Waals surface area contributed by atoms with Gasteiger partial charge in [0.05, 0.1) is 0 Å². The molecule has 0 aromatic heterocycles. The zero-order chi connectivity index (χ0) is 11.5. The van der Waals surface area contributed by atoms with Crippen molar-refractivity contribution in [3.8, 4) is 0 Å². The van der Waals surface area contributed by atoms with Gasteiger partial charge in [-0.1, -0.05) is 35.0 Å². The predicted octanol–water partition coefficient (Wildman–Crippen LogP) is 2.55. The Kier molecular flexibility index (Phi) is 4.00. The zero-order valence-corrected chi connectivity index (χ0v) is 11.5. The first-order chi connectivity index (χ1) is 7.70. The minimum absolute atomic E-state index is 0.731. The fourth-order valence-corrected chi connectivity index (χ4v) is 2.32. The van der Waals surface area contributed by atoms with E-state index in [4.69, 9.17) is 0 Å². The smallest absolute Gasteiger partial charge is 0.0348 e. The Morgan fingerprint density at radius 3 is 2.69 bits per heavy atom. The van der Waals surface area contributed by atoms with E-state index in [-0.39, 0.29) is 0 Å². The van der Waals surface area contributed by atoms with Crippen LogP contribution in [0.15, 0.2) is 22.7 Å². The summed E-state index contributed by atoms with van der Waals surface area (Å²) in [4.78, 5) is 2.54. The van der Waals surface area contributed by atoms with E-state index in [1.807, 2.05) is 0 Å². The van der Waals surface area contributed by atoms with Gasteiger partial charge in [0.25, 0.3) is 0 Å². The highest BCUT2D eigenvalue weighted by Gasteiger charge is 2.23. The summed E-state index contributed by atoms with van der Waals surface area (Å²) in [6.07, 6.45) is 0. The molecule has 0 saturated carbocycles. The van der Waals surface area contributed by atoms with E-state index in [1.54, 1.807) is 0 Å². The van der Waals surface area contributed by atoms with Gasteiger partial charge < -0.3 is 5.32 Å². The van der Waals surface area contributed by atoms with E-state index in [2.05, 4.69) is 58.2 Å². The van der Waals surface area contributed by atoms with Gasteiger partial charge in [0.2, 0.25) is 0 Å². The third-order valence-corrected chi connectivity index (χ3v) is 4.18. The van der Waals surface area contributed by atoms with Gasteiger partial charge in [-0.25, -0.2) is 0 Å². The van der Waals surface area contributed by atoms with Gasteiger partial charge >= 0.3 is 0 Å². The van der Waals surface area contributed by atoms with E-state index in [0.29, 0.717) is 0 Å². The quantitative estimate of drug-likeness (QED) is 0.913. The average Bonchev–Trinajstić information content (AvgIpc) is 2.20. The molecule has 0 amide bonds. The largest absolute Gasteiger partial charge is 0.314 e.